The molecule has 0 saturated carbocycles. The predicted molar refractivity (Wildman–Crippen MR) is 111 cm³/mol. The van der Waals surface area contributed by atoms with E-state index < -0.39 is 9.84 Å². The van der Waals surface area contributed by atoms with Gasteiger partial charge in [0.1, 0.15) is 0 Å². The number of hydrogen-bond donors (Lipinski definition) is 1. The van der Waals surface area contributed by atoms with E-state index in [9.17, 15) is 18.0 Å². The normalized spacial score (nSPS) is 18.0. The lowest BCUT2D eigenvalue weighted by Gasteiger charge is -2.19. The maximum Gasteiger partial charge on any atom is 0.225 e. The molecule has 1 aliphatic rings. The quantitative estimate of drug-likeness (QED) is 0.788. The summed E-state index contributed by atoms with van der Waals surface area (Å²) in [4.78, 5) is 27.0. The van der Waals surface area contributed by atoms with Gasteiger partial charge in [0.25, 0.3) is 0 Å². The summed E-state index contributed by atoms with van der Waals surface area (Å²) in [5.74, 6) is -0.564. The molecule has 29 heavy (non-hydrogen) atoms. The minimum absolute atomic E-state index is 0.0177. The molecule has 2 atom stereocenters. The lowest BCUT2D eigenvalue weighted by molar-refractivity contribution is -0.129. The Bertz CT molecular complexity index is 998. The van der Waals surface area contributed by atoms with E-state index in [1.54, 1.807) is 17.0 Å². The Labute approximate surface area is 171 Å². The van der Waals surface area contributed by atoms with Crippen molar-refractivity contribution in [3.63, 3.8) is 0 Å². The van der Waals surface area contributed by atoms with Crippen LogP contribution in [0.25, 0.3) is 0 Å². The molecule has 2 unspecified atom stereocenters. The zero-order chi connectivity index (χ0) is 21.2. The van der Waals surface area contributed by atoms with Crippen LogP contribution in [0.4, 0.5) is 0 Å². The molecular weight excluding hydrogens is 388 g/mol. The van der Waals surface area contributed by atoms with E-state index in [1.165, 1.54) is 12.1 Å². The summed E-state index contributed by atoms with van der Waals surface area (Å²) in [6.07, 6.45) is 1.37. The van der Waals surface area contributed by atoms with Gasteiger partial charge < -0.3 is 10.2 Å². The fraction of sp³-hybridized carbons (Fsp3) is 0.364. The molecule has 2 amide bonds. The monoisotopic (exact) mass is 414 g/mol. The number of rotatable bonds is 6. The second-order valence-corrected chi connectivity index (χ2v) is 9.75. The van der Waals surface area contributed by atoms with Crippen LogP contribution in [0.2, 0.25) is 0 Å². The Balaban J connectivity index is 1.59. The van der Waals surface area contributed by atoms with Crippen LogP contribution in [0.5, 0.6) is 0 Å². The Morgan fingerprint density at radius 3 is 2.34 bits per heavy atom. The minimum Gasteiger partial charge on any atom is -0.349 e. The van der Waals surface area contributed by atoms with Crippen LogP contribution in [-0.2, 0) is 26.0 Å². The highest BCUT2D eigenvalue weighted by Crippen LogP contribution is 2.22. The zero-order valence-corrected chi connectivity index (χ0v) is 17.7. The number of sulfone groups is 1. The van der Waals surface area contributed by atoms with Gasteiger partial charge in [-0.15, -0.1) is 0 Å². The van der Waals surface area contributed by atoms with Crippen molar-refractivity contribution in [2.75, 3.05) is 12.8 Å². The lowest BCUT2D eigenvalue weighted by Crippen LogP contribution is -2.34. The average molecular weight is 415 g/mol. The third kappa shape index (κ3) is 5.23. The molecule has 0 aliphatic carbocycles. The number of carbonyl (C=O) groups is 2. The van der Waals surface area contributed by atoms with Gasteiger partial charge in [0.15, 0.2) is 9.84 Å². The molecule has 1 aliphatic heterocycles. The summed E-state index contributed by atoms with van der Waals surface area (Å²) in [7, 11) is -3.25. The van der Waals surface area contributed by atoms with Crippen molar-refractivity contribution in [3.05, 3.63) is 65.2 Å². The third-order valence-corrected chi connectivity index (χ3v) is 6.37. The van der Waals surface area contributed by atoms with E-state index in [1.807, 2.05) is 38.1 Å². The van der Waals surface area contributed by atoms with Crippen molar-refractivity contribution in [1.29, 1.82) is 0 Å². The van der Waals surface area contributed by atoms with Crippen LogP contribution in [-0.4, -0.2) is 37.9 Å². The highest BCUT2D eigenvalue weighted by molar-refractivity contribution is 7.90. The van der Waals surface area contributed by atoms with E-state index >= 15 is 0 Å². The largest absolute Gasteiger partial charge is 0.349 e. The van der Waals surface area contributed by atoms with Crippen LogP contribution in [0.1, 0.15) is 36.1 Å². The molecular formula is C22H26N2O4S. The van der Waals surface area contributed by atoms with Crippen LogP contribution < -0.4 is 5.32 Å². The Morgan fingerprint density at radius 2 is 1.76 bits per heavy atom. The van der Waals surface area contributed by atoms with E-state index in [4.69, 9.17) is 0 Å². The molecule has 6 nitrogen and oxygen atoms in total. The maximum absolute atomic E-state index is 12.7. The topological polar surface area (TPSA) is 83.6 Å². The third-order valence-electron chi connectivity index (χ3n) is 5.25. The first kappa shape index (κ1) is 21.0. The molecule has 1 heterocycles. The summed E-state index contributed by atoms with van der Waals surface area (Å²) < 4.78 is 23.1. The summed E-state index contributed by atoms with van der Waals surface area (Å²) in [5, 5.41) is 2.94. The van der Waals surface area contributed by atoms with E-state index in [-0.39, 0.29) is 35.1 Å². The summed E-state index contributed by atoms with van der Waals surface area (Å²) >= 11 is 0. The van der Waals surface area contributed by atoms with Gasteiger partial charge in [0, 0.05) is 25.8 Å². The molecule has 0 radical (unpaired) electrons. The standard InChI is InChI=1S/C22H26N2O4S/c1-15-4-6-17(7-5-15)13-24-14-19(12-21(24)25)22(26)23-16(2)18-8-10-20(11-9-18)29(3,27)28/h4-11,16,19H,12-14H2,1-3H3,(H,23,26). The van der Waals surface area contributed by atoms with E-state index in [0.717, 1.165) is 22.9 Å². The van der Waals surface area contributed by atoms with Gasteiger partial charge >= 0.3 is 0 Å². The predicted octanol–water partition coefficient (Wildman–Crippen LogP) is 2.62. The molecule has 2 aromatic rings. The first-order chi connectivity index (χ1) is 13.6. The second kappa shape index (κ2) is 8.37. The fourth-order valence-electron chi connectivity index (χ4n) is 3.43. The van der Waals surface area contributed by atoms with Crippen LogP contribution in [0.3, 0.4) is 0 Å². The van der Waals surface area contributed by atoms with E-state index in [2.05, 4.69) is 5.32 Å². The van der Waals surface area contributed by atoms with Crippen molar-refractivity contribution >= 4 is 21.7 Å². The van der Waals surface area contributed by atoms with Crippen molar-refractivity contribution < 1.29 is 18.0 Å². The van der Waals surface area contributed by atoms with Gasteiger partial charge in [-0.05, 0) is 37.1 Å². The number of carbonyl (C=O) groups excluding carboxylic acids is 2. The Kier molecular flexibility index (Phi) is 6.07. The molecule has 2 aromatic carbocycles. The van der Waals surface area contributed by atoms with Crippen LogP contribution >= 0.6 is 0 Å². The number of benzene rings is 2. The van der Waals surface area contributed by atoms with Crippen LogP contribution in [0.15, 0.2) is 53.4 Å². The zero-order valence-electron chi connectivity index (χ0n) is 16.9. The smallest absolute Gasteiger partial charge is 0.225 e. The van der Waals surface area contributed by atoms with Gasteiger partial charge in [-0.25, -0.2) is 8.42 Å². The second-order valence-electron chi connectivity index (χ2n) is 7.73. The van der Waals surface area contributed by atoms with Gasteiger partial charge in [0.2, 0.25) is 11.8 Å². The maximum atomic E-state index is 12.7. The Hall–Kier alpha value is -2.67. The first-order valence-corrected chi connectivity index (χ1v) is 11.5. The molecule has 1 saturated heterocycles. The number of amides is 2. The van der Waals surface area contributed by atoms with E-state index in [0.29, 0.717) is 13.1 Å². The fourth-order valence-corrected chi connectivity index (χ4v) is 4.06. The van der Waals surface area contributed by atoms with Crippen molar-refractivity contribution in [2.45, 2.75) is 37.8 Å². The van der Waals surface area contributed by atoms with Crippen molar-refractivity contribution in [1.82, 2.24) is 10.2 Å². The summed E-state index contributed by atoms with van der Waals surface area (Å²) in [6.45, 7) is 4.76. The number of nitrogens with one attached hydrogen (secondary N) is 1. The lowest BCUT2D eigenvalue weighted by atomic mass is 10.1. The van der Waals surface area contributed by atoms with Gasteiger partial charge in [-0.1, -0.05) is 42.0 Å². The molecule has 0 bridgehead atoms. The molecule has 1 N–H and O–H groups in total. The summed E-state index contributed by atoms with van der Waals surface area (Å²) in [6, 6.07) is 14.2. The highest BCUT2D eigenvalue weighted by Gasteiger charge is 2.34. The van der Waals surface area contributed by atoms with Gasteiger partial charge in [-0.3, -0.25) is 9.59 Å². The average Bonchev–Trinajstić information content (AvgIpc) is 3.03. The minimum atomic E-state index is -3.25. The van der Waals surface area contributed by atoms with Crippen molar-refractivity contribution in [3.8, 4) is 0 Å². The number of likely N-dealkylation sites (tertiary alicyclic amines) is 1. The molecule has 7 heteroatoms. The van der Waals surface area contributed by atoms with Crippen LogP contribution in [0, 0.1) is 12.8 Å². The van der Waals surface area contributed by atoms with Crippen molar-refractivity contribution in [2.24, 2.45) is 5.92 Å². The van der Waals surface area contributed by atoms with Gasteiger partial charge in [-0.2, -0.15) is 0 Å². The number of hydrogen-bond acceptors (Lipinski definition) is 4. The Morgan fingerprint density at radius 1 is 1.14 bits per heavy atom. The highest BCUT2D eigenvalue weighted by atomic mass is 32.2. The first-order valence-electron chi connectivity index (χ1n) is 9.57. The number of nitrogens with zero attached hydrogens (tertiary/aromatic N) is 1. The molecule has 1 fully saturated rings. The number of aryl methyl sites for hydroxylation is 1. The molecule has 3 rings (SSSR count). The molecule has 154 valence electrons. The molecule has 0 spiro atoms. The SMILES string of the molecule is Cc1ccc(CN2CC(C(=O)NC(C)c3ccc(S(C)(=O)=O)cc3)CC2=O)cc1. The summed E-state index contributed by atoms with van der Waals surface area (Å²) in [5.41, 5.74) is 3.02. The van der Waals surface area contributed by atoms with Gasteiger partial charge in [0.05, 0.1) is 16.9 Å². The molecule has 0 aromatic heterocycles.